The number of hydrogen-bond acceptors (Lipinski definition) is 1. The van der Waals surface area contributed by atoms with Crippen LogP contribution >= 0.6 is 11.6 Å². The van der Waals surface area contributed by atoms with Gasteiger partial charge < -0.3 is 9.88 Å². The highest BCUT2D eigenvalue weighted by Crippen LogP contribution is 2.40. The summed E-state index contributed by atoms with van der Waals surface area (Å²) in [4.78, 5) is 0. The van der Waals surface area contributed by atoms with E-state index in [0.29, 0.717) is 23.2 Å². The predicted octanol–water partition coefficient (Wildman–Crippen LogP) is 4.00. The predicted molar refractivity (Wildman–Crippen MR) is 79.5 cm³/mol. The molecule has 1 aliphatic rings. The number of nitrogens with zero attached hydrogens (tertiary/aromatic N) is 1. The summed E-state index contributed by atoms with van der Waals surface area (Å²) in [5.74, 6) is 0.503. The zero-order valence-corrected chi connectivity index (χ0v) is 12.2. The number of aromatic nitrogens is 1. The monoisotopic (exact) mass is 292 g/mol. The van der Waals surface area contributed by atoms with Gasteiger partial charge in [-0.1, -0.05) is 17.7 Å². The van der Waals surface area contributed by atoms with E-state index in [1.165, 1.54) is 24.5 Å². The molecule has 1 fully saturated rings. The second kappa shape index (κ2) is 5.58. The van der Waals surface area contributed by atoms with Crippen LogP contribution in [0.15, 0.2) is 36.7 Å². The van der Waals surface area contributed by atoms with Crippen molar-refractivity contribution >= 4 is 11.6 Å². The van der Waals surface area contributed by atoms with Gasteiger partial charge in [0, 0.05) is 35.6 Å². The van der Waals surface area contributed by atoms with Gasteiger partial charge in [-0.25, -0.2) is 4.39 Å². The Kier molecular flexibility index (Phi) is 3.81. The van der Waals surface area contributed by atoms with Gasteiger partial charge in [-0.3, -0.25) is 0 Å². The summed E-state index contributed by atoms with van der Waals surface area (Å²) in [7, 11) is 2.00. The summed E-state index contributed by atoms with van der Waals surface area (Å²) in [6, 6.07) is 7.37. The largest absolute Gasteiger partial charge is 0.349 e. The molecule has 0 bridgehead atoms. The standard InChI is InChI=1S/C16H18ClFN2/c1-19-16(11-2-3-11)13-6-7-20(10-13)9-12-4-5-14(17)8-15(12)18/h4-8,10-11,16,19H,2-3,9H2,1H3. The van der Waals surface area contributed by atoms with E-state index in [9.17, 15) is 4.39 Å². The Labute approximate surface area is 123 Å². The highest BCUT2D eigenvalue weighted by atomic mass is 35.5. The summed E-state index contributed by atoms with van der Waals surface area (Å²) < 4.78 is 15.8. The topological polar surface area (TPSA) is 17.0 Å². The average molecular weight is 293 g/mol. The summed E-state index contributed by atoms with van der Waals surface area (Å²) >= 11 is 5.77. The second-order valence-corrected chi connectivity index (χ2v) is 5.89. The highest BCUT2D eigenvalue weighted by Gasteiger charge is 2.31. The maximum Gasteiger partial charge on any atom is 0.129 e. The Hall–Kier alpha value is -1.32. The molecule has 1 aliphatic carbocycles. The lowest BCUT2D eigenvalue weighted by molar-refractivity contribution is 0.527. The molecule has 1 aromatic heterocycles. The van der Waals surface area contributed by atoms with Crippen LogP contribution in [0.2, 0.25) is 5.02 Å². The summed E-state index contributed by atoms with van der Waals surface area (Å²) in [6.45, 7) is 0.532. The third kappa shape index (κ3) is 2.89. The second-order valence-electron chi connectivity index (χ2n) is 5.46. The molecular formula is C16H18ClFN2. The Morgan fingerprint density at radius 1 is 1.40 bits per heavy atom. The van der Waals surface area contributed by atoms with Crippen LogP contribution in [0.1, 0.15) is 30.0 Å². The van der Waals surface area contributed by atoms with Gasteiger partial charge in [-0.15, -0.1) is 0 Å². The van der Waals surface area contributed by atoms with Crippen LogP contribution in [0, 0.1) is 11.7 Å². The minimum absolute atomic E-state index is 0.250. The zero-order chi connectivity index (χ0) is 14.1. The Morgan fingerprint density at radius 3 is 2.85 bits per heavy atom. The number of rotatable bonds is 5. The zero-order valence-electron chi connectivity index (χ0n) is 11.4. The van der Waals surface area contributed by atoms with Crippen LogP contribution in [-0.2, 0) is 6.54 Å². The lowest BCUT2D eigenvalue weighted by Crippen LogP contribution is -2.17. The van der Waals surface area contributed by atoms with E-state index in [2.05, 4.69) is 17.6 Å². The smallest absolute Gasteiger partial charge is 0.129 e. The Balaban J connectivity index is 1.76. The number of nitrogens with one attached hydrogen (secondary N) is 1. The van der Waals surface area contributed by atoms with Gasteiger partial charge in [0.05, 0.1) is 0 Å². The third-order valence-corrected chi connectivity index (χ3v) is 4.14. The normalized spacial score (nSPS) is 16.4. The molecule has 0 amide bonds. The highest BCUT2D eigenvalue weighted by molar-refractivity contribution is 6.30. The molecule has 0 aliphatic heterocycles. The summed E-state index contributed by atoms with van der Waals surface area (Å²) in [6.07, 6.45) is 6.70. The number of benzene rings is 1. The minimum atomic E-state index is -0.250. The molecule has 20 heavy (non-hydrogen) atoms. The number of hydrogen-bond donors (Lipinski definition) is 1. The van der Waals surface area contributed by atoms with Crippen LogP contribution in [-0.4, -0.2) is 11.6 Å². The molecule has 106 valence electrons. The van der Waals surface area contributed by atoms with Crippen molar-refractivity contribution in [2.24, 2.45) is 5.92 Å². The molecule has 1 atom stereocenters. The van der Waals surface area contributed by atoms with Crippen molar-refractivity contribution < 1.29 is 4.39 Å². The first kappa shape index (κ1) is 13.7. The van der Waals surface area contributed by atoms with Crippen molar-refractivity contribution in [1.82, 2.24) is 9.88 Å². The molecule has 4 heteroatoms. The van der Waals surface area contributed by atoms with E-state index in [0.717, 1.165) is 5.92 Å². The van der Waals surface area contributed by atoms with Crippen LogP contribution in [0.5, 0.6) is 0 Å². The van der Waals surface area contributed by atoms with Gasteiger partial charge in [0.25, 0.3) is 0 Å². The molecule has 1 aromatic carbocycles. The lowest BCUT2D eigenvalue weighted by Gasteiger charge is -2.13. The molecule has 1 N–H and O–H groups in total. The molecule has 0 spiro atoms. The maximum atomic E-state index is 13.8. The number of halogens is 2. The first-order valence-electron chi connectivity index (χ1n) is 6.94. The summed E-state index contributed by atoms with van der Waals surface area (Å²) in [5.41, 5.74) is 1.94. The fourth-order valence-electron chi connectivity index (χ4n) is 2.69. The molecule has 3 rings (SSSR count). The summed E-state index contributed by atoms with van der Waals surface area (Å²) in [5, 5.41) is 3.81. The van der Waals surface area contributed by atoms with Crippen molar-refractivity contribution in [1.29, 1.82) is 0 Å². The van der Waals surface area contributed by atoms with Gasteiger partial charge in [0.15, 0.2) is 0 Å². The Morgan fingerprint density at radius 2 is 2.20 bits per heavy atom. The average Bonchev–Trinajstić information content (AvgIpc) is 3.14. The van der Waals surface area contributed by atoms with E-state index in [1.54, 1.807) is 12.1 Å². The molecule has 1 saturated carbocycles. The quantitative estimate of drug-likeness (QED) is 0.881. The van der Waals surface area contributed by atoms with E-state index >= 15 is 0 Å². The van der Waals surface area contributed by atoms with E-state index in [-0.39, 0.29) is 5.82 Å². The van der Waals surface area contributed by atoms with Gasteiger partial charge in [-0.05, 0) is 49.6 Å². The molecule has 2 aromatic rings. The molecule has 2 nitrogen and oxygen atoms in total. The van der Waals surface area contributed by atoms with E-state index in [1.807, 2.05) is 17.8 Å². The van der Waals surface area contributed by atoms with Crippen molar-refractivity contribution in [3.8, 4) is 0 Å². The first-order valence-corrected chi connectivity index (χ1v) is 7.32. The third-order valence-electron chi connectivity index (χ3n) is 3.90. The van der Waals surface area contributed by atoms with Crippen molar-refractivity contribution in [2.75, 3.05) is 7.05 Å². The molecule has 0 radical (unpaired) electrons. The molecular weight excluding hydrogens is 275 g/mol. The van der Waals surface area contributed by atoms with Crippen molar-refractivity contribution in [2.45, 2.75) is 25.4 Å². The van der Waals surface area contributed by atoms with Gasteiger partial charge in [0.2, 0.25) is 0 Å². The molecule has 1 unspecified atom stereocenters. The molecule has 0 saturated heterocycles. The fraction of sp³-hybridized carbons (Fsp3) is 0.375. The van der Waals surface area contributed by atoms with Crippen LogP contribution in [0.3, 0.4) is 0 Å². The van der Waals surface area contributed by atoms with Crippen molar-refractivity contribution in [3.05, 3.63) is 58.6 Å². The van der Waals surface area contributed by atoms with E-state index < -0.39 is 0 Å². The first-order chi connectivity index (χ1) is 9.67. The molecule has 1 heterocycles. The van der Waals surface area contributed by atoms with E-state index in [4.69, 9.17) is 11.6 Å². The van der Waals surface area contributed by atoms with Crippen LogP contribution in [0.25, 0.3) is 0 Å². The van der Waals surface area contributed by atoms with Crippen LogP contribution < -0.4 is 5.32 Å². The van der Waals surface area contributed by atoms with Gasteiger partial charge >= 0.3 is 0 Å². The lowest BCUT2D eigenvalue weighted by atomic mass is 10.1. The SMILES string of the molecule is CNC(c1ccn(Cc2ccc(Cl)cc2F)c1)C1CC1. The fourth-order valence-corrected chi connectivity index (χ4v) is 2.85. The maximum absolute atomic E-state index is 13.8. The van der Waals surface area contributed by atoms with Crippen LogP contribution in [0.4, 0.5) is 4.39 Å². The van der Waals surface area contributed by atoms with Gasteiger partial charge in [-0.2, -0.15) is 0 Å². The minimum Gasteiger partial charge on any atom is -0.349 e. The van der Waals surface area contributed by atoms with Gasteiger partial charge in [0.1, 0.15) is 5.82 Å². The van der Waals surface area contributed by atoms with Crippen molar-refractivity contribution in [3.63, 3.8) is 0 Å². The Bertz CT molecular complexity index is 604.